The van der Waals surface area contributed by atoms with E-state index in [4.69, 9.17) is 0 Å². The van der Waals surface area contributed by atoms with Gasteiger partial charge < -0.3 is 0 Å². The van der Waals surface area contributed by atoms with Crippen molar-refractivity contribution in [2.45, 2.75) is 40.2 Å². The number of hydrogen-bond donors (Lipinski definition) is 0. The van der Waals surface area contributed by atoms with Crippen LogP contribution in [0.25, 0.3) is 0 Å². The molecule has 2 nitrogen and oxygen atoms in total. The third kappa shape index (κ3) is 3.07. The largest absolute Gasteiger partial charge is 0.273 e. The SMILES string of the molecule is Cc1ccn(CCCC(C)C)n1. The number of hydrogen-bond acceptors (Lipinski definition) is 1. The Hall–Kier alpha value is -0.790. The van der Waals surface area contributed by atoms with Crippen LogP contribution in [0.2, 0.25) is 0 Å². The van der Waals surface area contributed by atoms with Crippen molar-refractivity contribution in [2.75, 3.05) is 0 Å². The lowest BCUT2D eigenvalue weighted by Gasteiger charge is -2.03. The molecule has 0 N–H and O–H groups in total. The molecule has 0 radical (unpaired) electrons. The molecular weight excluding hydrogens is 148 g/mol. The zero-order valence-corrected chi connectivity index (χ0v) is 8.25. The Bertz CT molecular complexity index is 225. The van der Waals surface area contributed by atoms with Crippen molar-refractivity contribution < 1.29 is 0 Å². The Morgan fingerprint density at radius 3 is 2.75 bits per heavy atom. The highest BCUT2D eigenvalue weighted by molar-refractivity contribution is 4.94. The fourth-order valence-electron chi connectivity index (χ4n) is 1.25. The molecule has 68 valence electrons. The Labute approximate surface area is 74.6 Å². The normalized spacial score (nSPS) is 11.0. The fraction of sp³-hybridized carbons (Fsp3) is 0.700. The molecule has 2 heteroatoms. The summed E-state index contributed by atoms with van der Waals surface area (Å²) in [4.78, 5) is 0. The topological polar surface area (TPSA) is 17.8 Å². The van der Waals surface area contributed by atoms with Crippen LogP contribution in [-0.4, -0.2) is 9.78 Å². The van der Waals surface area contributed by atoms with E-state index in [-0.39, 0.29) is 0 Å². The summed E-state index contributed by atoms with van der Waals surface area (Å²) in [5, 5.41) is 4.32. The lowest BCUT2D eigenvalue weighted by molar-refractivity contribution is 0.488. The second-order valence-corrected chi connectivity index (χ2v) is 3.76. The molecule has 1 heterocycles. The van der Waals surface area contributed by atoms with Crippen LogP contribution in [0.3, 0.4) is 0 Å². The molecule has 0 bridgehead atoms. The van der Waals surface area contributed by atoms with Gasteiger partial charge >= 0.3 is 0 Å². The van der Waals surface area contributed by atoms with Gasteiger partial charge in [0, 0.05) is 12.7 Å². The molecule has 0 unspecified atom stereocenters. The summed E-state index contributed by atoms with van der Waals surface area (Å²) in [5.74, 6) is 0.807. The van der Waals surface area contributed by atoms with Crippen LogP contribution in [0.15, 0.2) is 12.3 Å². The maximum absolute atomic E-state index is 4.32. The molecule has 0 aliphatic heterocycles. The molecule has 1 aromatic rings. The molecule has 12 heavy (non-hydrogen) atoms. The van der Waals surface area contributed by atoms with Crippen LogP contribution >= 0.6 is 0 Å². The van der Waals surface area contributed by atoms with Crippen molar-refractivity contribution in [1.29, 1.82) is 0 Å². The fourth-order valence-corrected chi connectivity index (χ4v) is 1.25. The highest BCUT2D eigenvalue weighted by atomic mass is 15.3. The monoisotopic (exact) mass is 166 g/mol. The van der Waals surface area contributed by atoms with Crippen LogP contribution in [0.1, 0.15) is 32.4 Å². The molecule has 0 saturated heterocycles. The molecule has 0 saturated carbocycles. The molecule has 0 spiro atoms. The minimum Gasteiger partial charge on any atom is -0.273 e. The molecule has 1 aromatic heterocycles. The first kappa shape index (κ1) is 9.30. The maximum atomic E-state index is 4.32. The van der Waals surface area contributed by atoms with E-state index in [0.29, 0.717) is 0 Å². The van der Waals surface area contributed by atoms with E-state index in [1.54, 1.807) is 0 Å². The van der Waals surface area contributed by atoms with Crippen molar-refractivity contribution in [3.05, 3.63) is 18.0 Å². The summed E-state index contributed by atoms with van der Waals surface area (Å²) in [6, 6.07) is 2.05. The van der Waals surface area contributed by atoms with Crippen molar-refractivity contribution in [1.82, 2.24) is 9.78 Å². The van der Waals surface area contributed by atoms with E-state index in [2.05, 4.69) is 31.2 Å². The maximum Gasteiger partial charge on any atom is 0.0593 e. The predicted octanol–water partition coefficient (Wildman–Crippen LogP) is 2.63. The smallest absolute Gasteiger partial charge is 0.0593 e. The van der Waals surface area contributed by atoms with Gasteiger partial charge in [0.2, 0.25) is 0 Å². The van der Waals surface area contributed by atoms with Gasteiger partial charge in [0.25, 0.3) is 0 Å². The first-order valence-electron chi connectivity index (χ1n) is 4.68. The van der Waals surface area contributed by atoms with E-state index in [0.717, 1.165) is 18.2 Å². The van der Waals surface area contributed by atoms with E-state index in [1.807, 2.05) is 11.6 Å². The molecule has 1 rings (SSSR count). The Morgan fingerprint density at radius 1 is 1.50 bits per heavy atom. The van der Waals surface area contributed by atoms with Crippen LogP contribution in [-0.2, 0) is 6.54 Å². The van der Waals surface area contributed by atoms with E-state index in [1.165, 1.54) is 12.8 Å². The standard InChI is InChI=1S/C10H18N2/c1-9(2)5-4-7-12-8-6-10(3)11-12/h6,8-9H,4-5,7H2,1-3H3. The zero-order valence-electron chi connectivity index (χ0n) is 8.25. The summed E-state index contributed by atoms with van der Waals surface area (Å²) in [7, 11) is 0. The lowest BCUT2D eigenvalue weighted by atomic mass is 10.1. The molecule has 0 aromatic carbocycles. The van der Waals surface area contributed by atoms with Gasteiger partial charge in [0.05, 0.1) is 5.69 Å². The summed E-state index contributed by atoms with van der Waals surface area (Å²) >= 11 is 0. The minimum absolute atomic E-state index is 0.807. The Balaban J connectivity index is 2.24. The van der Waals surface area contributed by atoms with Crippen LogP contribution in [0.5, 0.6) is 0 Å². The summed E-state index contributed by atoms with van der Waals surface area (Å²) in [5.41, 5.74) is 1.11. The average molecular weight is 166 g/mol. The van der Waals surface area contributed by atoms with Gasteiger partial charge in [-0.15, -0.1) is 0 Å². The average Bonchev–Trinajstić information content (AvgIpc) is 2.35. The highest BCUT2D eigenvalue weighted by Crippen LogP contribution is 2.05. The summed E-state index contributed by atoms with van der Waals surface area (Å²) in [6.45, 7) is 7.60. The van der Waals surface area contributed by atoms with Gasteiger partial charge in [-0.1, -0.05) is 13.8 Å². The van der Waals surface area contributed by atoms with Crippen LogP contribution < -0.4 is 0 Å². The summed E-state index contributed by atoms with van der Waals surface area (Å²) < 4.78 is 2.03. The number of rotatable bonds is 4. The molecular formula is C10H18N2. The van der Waals surface area contributed by atoms with E-state index in [9.17, 15) is 0 Å². The van der Waals surface area contributed by atoms with Gasteiger partial charge in [0.15, 0.2) is 0 Å². The quantitative estimate of drug-likeness (QED) is 0.672. The van der Waals surface area contributed by atoms with Gasteiger partial charge in [-0.3, -0.25) is 4.68 Å². The second kappa shape index (κ2) is 4.29. The van der Waals surface area contributed by atoms with Crippen molar-refractivity contribution in [3.8, 4) is 0 Å². The Morgan fingerprint density at radius 2 is 2.25 bits per heavy atom. The van der Waals surface area contributed by atoms with Gasteiger partial charge in [-0.2, -0.15) is 5.10 Å². The highest BCUT2D eigenvalue weighted by Gasteiger charge is 1.96. The van der Waals surface area contributed by atoms with Crippen molar-refractivity contribution >= 4 is 0 Å². The van der Waals surface area contributed by atoms with Gasteiger partial charge in [0.1, 0.15) is 0 Å². The van der Waals surface area contributed by atoms with E-state index < -0.39 is 0 Å². The van der Waals surface area contributed by atoms with Crippen LogP contribution in [0.4, 0.5) is 0 Å². The molecule has 0 atom stereocenters. The zero-order chi connectivity index (χ0) is 8.97. The number of aromatic nitrogens is 2. The van der Waals surface area contributed by atoms with Crippen LogP contribution in [0, 0.1) is 12.8 Å². The molecule has 0 aliphatic carbocycles. The molecule has 0 amide bonds. The first-order valence-corrected chi connectivity index (χ1v) is 4.68. The van der Waals surface area contributed by atoms with Crippen molar-refractivity contribution in [3.63, 3.8) is 0 Å². The summed E-state index contributed by atoms with van der Waals surface area (Å²) in [6.07, 6.45) is 4.58. The Kier molecular flexibility index (Phi) is 3.32. The second-order valence-electron chi connectivity index (χ2n) is 3.76. The predicted molar refractivity (Wildman–Crippen MR) is 51.0 cm³/mol. The third-order valence-corrected chi connectivity index (χ3v) is 1.94. The van der Waals surface area contributed by atoms with Crippen molar-refractivity contribution in [2.24, 2.45) is 5.92 Å². The van der Waals surface area contributed by atoms with E-state index >= 15 is 0 Å². The molecule has 0 aliphatic rings. The lowest BCUT2D eigenvalue weighted by Crippen LogP contribution is -2.00. The first-order chi connectivity index (χ1) is 5.68. The number of nitrogens with zero attached hydrogens (tertiary/aromatic N) is 2. The third-order valence-electron chi connectivity index (χ3n) is 1.94. The van der Waals surface area contributed by atoms with Gasteiger partial charge in [-0.25, -0.2) is 0 Å². The van der Waals surface area contributed by atoms with Gasteiger partial charge in [-0.05, 0) is 31.7 Å². The minimum atomic E-state index is 0.807. The number of aryl methyl sites for hydroxylation is 2. The molecule has 0 fully saturated rings.